The second-order valence-corrected chi connectivity index (χ2v) is 4.71. The predicted molar refractivity (Wildman–Crippen MR) is 77.2 cm³/mol. The van der Waals surface area contributed by atoms with Crippen LogP contribution in [0.3, 0.4) is 0 Å². The van der Waals surface area contributed by atoms with Crippen molar-refractivity contribution >= 4 is 16.8 Å². The number of carbonyl (C=O) groups excluding carboxylic acids is 1. The average Bonchev–Trinajstić information content (AvgIpc) is 2.38. The van der Waals surface area contributed by atoms with Gasteiger partial charge in [-0.2, -0.15) is 0 Å². The molecule has 0 aliphatic rings. The van der Waals surface area contributed by atoms with Gasteiger partial charge in [0.05, 0.1) is 5.52 Å². The summed E-state index contributed by atoms with van der Waals surface area (Å²) in [5.41, 5.74) is 9.05. The van der Waals surface area contributed by atoms with Gasteiger partial charge in [-0.25, -0.2) is 0 Å². The summed E-state index contributed by atoms with van der Waals surface area (Å²) >= 11 is 0. The Morgan fingerprint density at radius 1 is 1.32 bits per heavy atom. The fourth-order valence-corrected chi connectivity index (χ4v) is 2.12. The molecule has 0 aliphatic carbocycles. The third-order valence-corrected chi connectivity index (χ3v) is 3.07. The summed E-state index contributed by atoms with van der Waals surface area (Å²) in [6, 6.07) is 7.68. The van der Waals surface area contributed by atoms with E-state index >= 15 is 0 Å². The van der Waals surface area contributed by atoms with E-state index in [0.717, 1.165) is 23.0 Å². The molecule has 0 bridgehead atoms. The second kappa shape index (κ2) is 5.80. The molecular weight excluding hydrogens is 238 g/mol. The van der Waals surface area contributed by atoms with Crippen LogP contribution in [0.25, 0.3) is 10.9 Å². The standard InChI is InChI=1S/C15H19N3O/c1-10-8-11(2)18-14-9-12(4-5-13(10)14)15(19)17-7-3-6-16/h4-5,8-9H,3,6-7,16H2,1-2H3,(H,17,19). The molecule has 2 rings (SSSR count). The van der Waals surface area contributed by atoms with E-state index in [0.29, 0.717) is 18.7 Å². The summed E-state index contributed by atoms with van der Waals surface area (Å²) in [4.78, 5) is 16.4. The quantitative estimate of drug-likeness (QED) is 0.822. The Morgan fingerprint density at radius 3 is 2.84 bits per heavy atom. The van der Waals surface area contributed by atoms with Crippen molar-refractivity contribution < 1.29 is 4.79 Å². The van der Waals surface area contributed by atoms with Crippen molar-refractivity contribution in [2.24, 2.45) is 5.73 Å². The summed E-state index contributed by atoms with van der Waals surface area (Å²) in [6.45, 7) is 5.20. The zero-order valence-corrected chi connectivity index (χ0v) is 11.4. The molecule has 1 amide bonds. The first-order valence-electron chi connectivity index (χ1n) is 6.48. The van der Waals surface area contributed by atoms with Crippen LogP contribution in [0.2, 0.25) is 0 Å². The van der Waals surface area contributed by atoms with Gasteiger partial charge < -0.3 is 11.1 Å². The number of nitrogens with one attached hydrogen (secondary N) is 1. The van der Waals surface area contributed by atoms with E-state index in [4.69, 9.17) is 5.73 Å². The van der Waals surface area contributed by atoms with Gasteiger partial charge in [0.15, 0.2) is 0 Å². The first kappa shape index (κ1) is 13.5. The van der Waals surface area contributed by atoms with E-state index in [9.17, 15) is 4.79 Å². The lowest BCUT2D eigenvalue weighted by Crippen LogP contribution is -2.25. The SMILES string of the molecule is Cc1cc(C)c2ccc(C(=O)NCCCN)cc2n1. The molecule has 0 atom stereocenters. The lowest BCUT2D eigenvalue weighted by atomic mass is 10.1. The van der Waals surface area contributed by atoms with Crippen molar-refractivity contribution in [1.82, 2.24) is 10.3 Å². The van der Waals surface area contributed by atoms with Crippen molar-refractivity contribution in [3.05, 3.63) is 41.1 Å². The maximum atomic E-state index is 12.0. The van der Waals surface area contributed by atoms with Crippen LogP contribution >= 0.6 is 0 Å². The van der Waals surface area contributed by atoms with Gasteiger partial charge >= 0.3 is 0 Å². The Bertz CT molecular complexity index is 608. The van der Waals surface area contributed by atoms with Gasteiger partial charge in [-0.3, -0.25) is 9.78 Å². The fraction of sp³-hybridized carbons (Fsp3) is 0.333. The zero-order valence-electron chi connectivity index (χ0n) is 11.4. The first-order chi connectivity index (χ1) is 9.11. The summed E-state index contributed by atoms with van der Waals surface area (Å²) in [5.74, 6) is -0.0729. The summed E-state index contributed by atoms with van der Waals surface area (Å²) in [7, 11) is 0. The zero-order chi connectivity index (χ0) is 13.8. The van der Waals surface area contributed by atoms with Gasteiger partial charge in [-0.1, -0.05) is 6.07 Å². The summed E-state index contributed by atoms with van der Waals surface area (Å²) in [6.07, 6.45) is 0.787. The molecule has 4 nitrogen and oxygen atoms in total. The molecule has 3 N–H and O–H groups in total. The molecule has 0 radical (unpaired) electrons. The van der Waals surface area contributed by atoms with E-state index in [1.54, 1.807) is 0 Å². The molecule has 0 spiro atoms. The average molecular weight is 257 g/mol. The Labute approximate surface area is 113 Å². The van der Waals surface area contributed by atoms with Crippen molar-refractivity contribution in [1.29, 1.82) is 0 Å². The van der Waals surface area contributed by atoms with E-state index in [2.05, 4.69) is 17.2 Å². The van der Waals surface area contributed by atoms with Crippen LogP contribution < -0.4 is 11.1 Å². The van der Waals surface area contributed by atoms with Gasteiger partial charge in [-0.05, 0) is 50.6 Å². The summed E-state index contributed by atoms with van der Waals surface area (Å²) < 4.78 is 0. The molecule has 100 valence electrons. The molecule has 19 heavy (non-hydrogen) atoms. The first-order valence-corrected chi connectivity index (χ1v) is 6.48. The molecule has 0 aliphatic heterocycles. The molecule has 2 aromatic rings. The van der Waals surface area contributed by atoms with E-state index in [-0.39, 0.29) is 5.91 Å². The topological polar surface area (TPSA) is 68.0 Å². The minimum atomic E-state index is -0.0729. The van der Waals surface area contributed by atoms with Crippen molar-refractivity contribution in [2.45, 2.75) is 20.3 Å². The molecule has 0 unspecified atom stereocenters. The molecule has 1 aromatic carbocycles. The van der Waals surface area contributed by atoms with Crippen LogP contribution in [0, 0.1) is 13.8 Å². The van der Waals surface area contributed by atoms with Crippen LogP contribution in [-0.2, 0) is 0 Å². The largest absolute Gasteiger partial charge is 0.352 e. The normalized spacial score (nSPS) is 10.7. The minimum absolute atomic E-state index is 0.0729. The van der Waals surface area contributed by atoms with Crippen LogP contribution in [0.1, 0.15) is 28.0 Å². The fourth-order valence-electron chi connectivity index (χ4n) is 2.12. The maximum Gasteiger partial charge on any atom is 0.251 e. The number of pyridine rings is 1. The molecule has 1 aromatic heterocycles. The molecule has 4 heteroatoms. The lowest BCUT2D eigenvalue weighted by Gasteiger charge is -2.07. The Balaban J connectivity index is 2.28. The molecule has 0 saturated heterocycles. The van der Waals surface area contributed by atoms with E-state index in [1.165, 1.54) is 5.56 Å². The van der Waals surface area contributed by atoms with Crippen LogP contribution in [-0.4, -0.2) is 24.0 Å². The highest BCUT2D eigenvalue weighted by molar-refractivity contribution is 5.98. The highest BCUT2D eigenvalue weighted by atomic mass is 16.1. The molecule has 0 fully saturated rings. The van der Waals surface area contributed by atoms with Crippen LogP contribution in [0.4, 0.5) is 0 Å². The highest BCUT2D eigenvalue weighted by Crippen LogP contribution is 2.19. The van der Waals surface area contributed by atoms with Gasteiger partial charge in [0.1, 0.15) is 0 Å². The Kier molecular flexibility index (Phi) is 4.12. The minimum Gasteiger partial charge on any atom is -0.352 e. The van der Waals surface area contributed by atoms with Gasteiger partial charge in [0.25, 0.3) is 5.91 Å². The number of benzene rings is 1. The Morgan fingerprint density at radius 2 is 2.11 bits per heavy atom. The van der Waals surface area contributed by atoms with E-state index in [1.807, 2.05) is 31.2 Å². The monoisotopic (exact) mass is 257 g/mol. The third-order valence-electron chi connectivity index (χ3n) is 3.07. The number of aromatic nitrogens is 1. The van der Waals surface area contributed by atoms with Gasteiger partial charge in [-0.15, -0.1) is 0 Å². The van der Waals surface area contributed by atoms with Crippen LogP contribution in [0.15, 0.2) is 24.3 Å². The number of nitrogens with two attached hydrogens (primary N) is 1. The number of rotatable bonds is 4. The number of nitrogens with zero attached hydrogens (tertiary/aromatic N) is 1. The van der Waals surface area contributed by atoms with Crippen molar-refractivity contribution in [2.75, 3.05) is 13.1 Å². The van der Waals surface area contributed by atoms with Crippen LogP contribution in [0.5, 0.6) is 0 Å². The van der Waals surface area contributed by atoms with Gasteiger partial charge in [0.2, 0.25) is 0 Å². The number of carbonyl (C=O) groups is 1. The predicted octanol–water partition coefficient (Wildman–Crippen LogP) is 1.93. The maximum absolute atomic E-state index is 12.0. The third kappa shape index (κ3) is 3.09. The number of fused-ring (bicyclic) bond motifs is 1. The second-order valence-electron chi connectivity index (χ2n) is 4.71. The Hall–Kier alpha value is -1.94. The lowest BCUT2D eigenvalue weighted by molar-refractivity contribution is 0.0953. The molecule has 0 saturated carbocycles. The number of hydrogen-bond acceptors (Lipinski definition) is 3. The number of aryl methyl sites for hydroxylation is 2. The van der Waals surface area contributed by atoms with Crippen molar-refractivity contribution in [3.8, 4) is 0 Å². The number of hydrogen-bond donors (Lipinski definition) is 2. The molecular formula is C15H19N3O. The smallest absolute Gasteiger partial charge is 0.251 e. The summed E-state index contributed by atoms with van der Waals surface area (Å²) in [5, 5.41) is 3.93. The van der Waals surface area contributed by atoms with E-state index < -0.39 is 0 Å². The molecule has 1 heterocycles. The number of amides is 1. The highest BCUT2D eigenvalue weighted by Gasteiger charge is 2.07. The van der Waals surface area contributed by atoms with Crippen molar-refractivity contribution in [3.63, 3.8) is 0 Å². The van der Waals surface area contributed by atoms with Gasteiger partial charge in [0, 0.05) is 23.2 Å².